The molecule has 2 aromatic heterocycles. The van der Waals surface area contributed by atoms with Gasteiger partial charge < -0.3 is 0 Å². The van der Waals surface area contributed by atoms with Crippen LogP contribution in [0.4, 0.5) is 0 Å². The lowest BCUT2D eigenvalue weighted by Crippen LogP contribution is -2.22. The van der Waals surface area contributed by atoms with Crippen LogP contribution in [0, 0.1) is 0 Å². The minimum Gasteiger partial charge on any atom is -0.268 e. The summed E-state index contributed by atoms with van der Waals surface area (Å²) in [6, 6.07) is 6.39. The van der Waals surface area contributed by atoms with Crippen molar-refractivity contribution in [1.29, 1.82) is 0 Å². The Balaban J connectivity index is 2.06. The summed E-state index contributed by atoms with van der Waals surface area (Å²) < 4.78 is 0. The monoisotopic (exact) mass is 262 g/mol. The van der Waals surface area contributed by atoms with E-state index < -0.39 is 5.91 Å². The molecule has 0 aliphatic carbocycles. The molecular formula is C11H10N4O2S. The highest BCUT2D eigenvalue weighted by atomic mass is 32.1. The van der Waals surface area contributed by atoms with E-state index in [1.165, 1.54) is 23.5 Å². The Kier molecular flexibility index (Phi) is 3.63. The van der Waals surface area contributed by atoms with Crippen LogP contribution in [0.5, 0.6) is 0 Å². The number of hydrazone groups is 1. The molecule has 6 nitrogen and oxygen atoms in total. The van der Waals surface area contributed by atoms with E-state index in [1.54, 1.807) is 6.92 Å². The third-order valence-electron chi connectivity index (χ3n) is 2.11. The fraction of sp³-hybridized carbons (Fsp3) is 0.0909. The molecule has 0 aliphatic heterocycles. The van der Waals surface area contributed by atoms with Crippen LogP contribution in [-0.2, 0) is 0 Å². The van der Waals surface area contributed by atoms with E-state index in [9.17, 15) is 9.59 Å². The molecule has 2 heterocycles. The van der Waals surface area contributed by atoms with Gasteiger partial charge in [0, 0.05) is 10.9 Å². The first-order valence-electron chi connectivity index (χ1n) is 5.11. The molecule has 0 unspecified atom stereocenters. The van der Waals surface area contributed by atoms with E-state index in [0.29, 0.717) is 5.71 Å². The summed E-state index contributed by atoms with van der Waals surface area (Å²) in [6.07, 6.45) is 0. The molecule has 0 fully saturated rings. The van der Waals surface area contributed by atoms with E-state index >= 15 is 0 Å². The molecule has 1 amide bonds. The molecule has 7 heteroatoms. The minimum atomic E-state index is -0.470. The predicted octanol–water partition coefficient (Wildman–Crippen LogP) is 0.985. The zero-order valence-corrected chi connectivity index (χ0v) is 10.3. The van der Waals surface area contributed by atoms with Crippen molar-refractivity contribution in [3.63, 3.8) is 0 Å². The number of hydrogen-bond donors (Lipinski definition) is 2. The van der Waals surface area contributed by atoms with Gasteiger partial charge in [0.05, 0.1) is 5.71 Å². The highest BCUT2D eigenvalue weighted by Gasteiger charge is 2.06. The lowest BCUT2D eigenvalue weighted by Gasteiger charge is -1.99. The number of hydrogen-bond acceptors (Lipinski definition) is 5. The van der Waals surface area contributed by atoms with Gasteiger partial charge in [-0.05, 0) is 24.4 Å². The number of aromatic nitrogens is 2. The summed E-state index contributed by atoms with van der Waals surface area (Å²) >= 11 is 1.54. The second-order valence-electron chi connectivity index (χ2n) is 3.42. The quantitative estimate of drug-likeness (QED) is 0.638. The van der Waals surface area contributed by atoms with Gasteiger partial charge in [0.2, 0.25) is 0 Å². The van der Waals surface area contributed by atoms with Gasteiger partial charge in [-0.25, -0.2) is 10.5 Å². The van der Waals surface area contributed by atoms with Crippen LogP contribution < -0.4 is 11.0 Å². The van der Waals surface area contributed by atoms with Crippen LogP contribution in [0.25, 0.3) is 0 Å². The van der Waals surface area contributed by atoms with Gasteiger partial charge in [0.25, 0.3) is 11.5 Å². The summed E-state index contributed by atoms with van der Waals surface area (Å²) in [6.45, 7) is 1.80. The molecule has 0 saturated heterocycles. The Labute approximate surface area is 106 Å². The first kappa shape index (κ1) is 12.2. The highest BCUT2D eigenvalue weighted by molar-refractivity contribution is 7.12. The summed E-state index contributed by atoms with van der Waals surface area (Å²) in [7, 11) is 0. The molecule has 0 bridgehead atoms. The van der Waals surface area contributed by atoms with Crippen LogP contribution in [0.3, 0.4) is 0 Å². The van der Waals surface area contributed by atoms with Crippen molar-refractivity contribution in [2.24, 2.45) is 5.10 Å². The molecular weight excluding hydrogens is 252 g/mol. The third kappa shape index (κ3) is 2.89. The molecule has 2 N–H and O–H groups in total. The number of aromatic amines is 1. The number of rotatable bonds is 3. The van der Waals surface area contributed by atoms with Gasteiger partial charge in [-0.15, -0.1) is 11.3 Å². The Morgan fingerprint density at radius 1 is 1.44 bits per heavy atom. The van der Waals surface area contributed by atoms with E-state index in [-0.39, 0.29) is 11.3 Å². The van der Waals surface area contributed by atoms with Crippen molar-refractivity contribution in [3.8, 4) is 0 Å². The maximum absolute atomic E-state index is 11.6. The van der Waals surface area contributed by atoms with Crippen LogP contribution in [-0.4, -0.2) is 21.8 Å². The SMILES string of the molecule is C/C(=N/NC(=O)c1ccc(=O)[nH]n1)c1cccs1. The minimum absolute atomic E-state index is 0.109. The second kappa shape index (κ2) is 5.37. The maximum Gasteiger partial charge on any atom is 0.291 e. The summed E-state index contributed by atoms with van der Waals surface area (Å²) in [5, 5.41) is 11.7. The average molecular weight is 262 g/mol. The van der Waals surface area contributed by atoms with Crippen molar-refractivity contribution < 1.29 is 4.79 Å². The Morgan fingerprint density at radius 3 is 2.89 bits per heavy atom. The Morgan fingerprint density at radius 2 is 2.28 bits per heavy atom. The molecule has 2 rings (SSSR count). The lowest BCUT2D eigenvalue weighted by atomic mass is 10.3. The van der Waals surface area contributed by atoms with Crippen molar-refractivity contribution in [3.05, 3.63) is 50.6 Å². The fourth-order valence-corrected chi connectivity index (χ4v) is 1.88. The van der Waals surface area contributed by atoms with E-state index in [0.717, 1.165) is 4.88 Å². The standard InChI is InChI=1S/C11H10N4O2S/c1-7(9-3-2-6-18-9)12-15-11(17)8-4-5-10(16)14-13-8/h2-6H,1H3,(H,14,16)(H,15,17)/b12-7-. The van der Waals surface area contributed by atoms with Crippen LogP contribution in [0.15, 0.2) is 39.5 Å². The first-order valence-corrected chi connectivity index (χ1v) is 5.99. The molecule has 92 valence electrons. The summed E-state index contributed by atoms with van der Waals surface area (Å²) in [5.41, 5.74) is 2.84. The smallest absolute Gasteiger partial charge is 0.268 e. The third-order valence-corrected chi connectivity index (χ3v) is 3.09. The predicted molar refractivity (Wildman–Crippen MR) is 68.9 cm³/mol. The van der Waals surface area contributed by atoms with Gasteiger partial charge in [0.15, 0.2) is 5.69 Å². The van der Waals surface area contributed by atoms with Gasteiger partial charge >= 0.3 is 0 Å². The second-order valence-corrected chi connectivity index (χ2v) is 4.37. The van der Waals surface area contributed by atoms with Gasteiger partial charge in [-0.3, -0.25) is 9.59 Å². The van der Waals surface area contributed by atoms with Crippen molar-refractivity contribution >= 4 is 23.0 Å². The Bertz CT molecular complexity index is 610. The molecule has 18 heavy (non-hydrogen) atoms. The number of amides is 1. The van der Waals surface area contributed by atoms with Crippen LogP contribution in [0.1, 0.15) is 22.3 Å². The normalized spacial score (nSPS) is 11.3. The number of nitrogens with one attached hydrogen (secondary N) is 2. The van der Waals surface area contributed by atoms with Gasteiger partial charge in [0.1, 0.15) is 0 Å². The maximum atomic E-state index is 11.6. The van der Waals surface area contributed by atoms with Gasteiger partial charge in [-0.2, -0.15) is 10.2 Å². The van der Waals surface area contributed by atoms with Crippen LogP contribution in [0.2, 0.25) is 0 Å². The topological polar surface area (TPSA) is 87.2 Å². The fourth-order valence-electron chi connectivity index (χ4n) is 1.20. The first-order chi connectivity index (χ1) is 8.66. The highest BCUT2D eigenvalue weighted by Crippen LogP contribution is 2.09. The van der Waals surface area contributed by atoms with E-state index in [4.69, 9.17) is 0 Å². The van der Waals surface area contributed by atoms with Crippen LogP contribution >= 0.6 is 11.3 Å². The molecule has 0 radical (unpaired) electrons. The number of thiophene rings is 1. The van der Waals surface area contributed by atoms with Crippen molar-refractivity contribution in [2.75, 3.05) is 0 Å². The number of H-pyrrole nitrogens is 1. The molecule has 0 aromatic carbocycles. The average Bonchev–Trinajstić information content (AvgIpc) is 2.90. The molecule has 0 spiro atoms. The van der Waals surface area contributed by atoms with E-state index in [1.807, 2.05) is 17.5 Å². The molecule has 0 aliphatic rings. The number of nitrogens with zero attached hydrogens (tertiary/aromatic N) is 2. The lowest BCUT2D eigenvalue weighted by molar-refractivity contribution is 0.0948. The van der Waals surface area contributed by atoms with Crippen molar-refractivity contribution in [1.82, 2.24) is 15.6 Å². The Hall–Kier alpha value is -2.28. The van der Waals surface area contributed by atoms with Crippen molar-refractivity contribution in [2.45, 2.75) is 6.92 Å². The number of carbonyl (C=O) groups is 1. The number of carbonyl (C=O) groups excluding carboxylic acids is 1. The van der Waals surface area contributed by atoms with Gasteiger partial charge in [-0.1, -0.05) is 6.07 Å². The largest absolute Gasteiger partial charge is 0.291 e. The molecule has 2 aromatic rings. The zero-order valence-electron chi connectivity index (χ0n) is 9.51. The zero-order chi connectivity index (χ0) is 13.0. The summed E-state index contributed by atoms with van der Waals surface area (Å²) in [5.74, 6) is -0.470. The van der Waals surface area contributed by atoms with E-state index in [2.05, 4.69) is 20.7 Å². The molecule has 0 atom stereocenters. The molecule has 0 saturated carbocycles. The summed E-state index contributed by atoms with van der Waals surface area (Å²) in [4.78, 5) is 23.4.